The molecule has 0 fully saturated rings. The number of imide groups is 1. The normalized spacial score (nSPS) is 12.7. The van der Waals surface area contributed by atoms with Crippen LogP contribution < -0.4 is 10.6 Å². The van der Waals surface area contributed by atoms with E-state index in [1.165, 1.54) is 6.33 Å². The lowest BCUT2D eigenvalue weighted by Gasteiger charge is -2.14. The first-order valence-electron chi connectivity index (χ1n) is 8.92. The van der Waals surface area contributed by atoms with Crippen LogP contribution in [0.15, 0.2) is 60.9 Å². The number of aromatic nitrogens is 2. The third-order valence-electron chi connectivity index (χ3n) is 4.42. The molecule has 2 heterocycles. The number of fused-ring (bicyclic) bond motifs is 1. The van der Waals surface area contributed by atoms with Gasteiger partial charge in [0.1, 0.15) is 18.7 Å². The van der Waals surface area contributed by atoms with E-state index in [-0.39, 0.29) is 6.54 Å². The van der Waals surface area contributed by atoms with Gasteiger partial charge in [0.05, 0.1) is 11.1 Å². The fourth-order valence-electron chi connectivity index (χ4n) is 3.03. The Hall–Kier alpha value is -4.07. The minimum atomic E-state index is -0.458. The van der Waals surface area contributed by atoms with Crippen LogP contribution in [0.5, 0.6) is 0 Å². The molecule has 29 heavy (non-hydrogen) atoms. The minimum absolute atomic E-state index is 0.320. The van der Waals surface area contributed by atoms with Crippen LogP contribution >= 0.6 is 0 Å². The van der Waals surface area contributed by atoms with Gasteiger partial charge in [-0.1, -0.05) is 12.1 Å². The number of carbonyl (C=O) groups excluding carboxylic acids is 3. The van der Waals surface area contributed by atoms with E-state index in [4.69, 9.17) is 0 Å². The van der Waals surface area contributed by atoms with Crippen LogP contribution in [-0.4, -0.2) is 39.1 Å². The molecule has 0 atom stereocenters. The highest BCUT2D eigenvalue weighted by Gasteiger charge is 2.36. The Kier molecular flexibility index (Phi) is 4.74. The molecule has 0 saturated heterocycles. The Morgan fingerprint density at radius 1 is 0.931 bits per heavy atom. The van der Waals surface area contributed by atoms with E-state index in [0.29, 0.717) is 22.6 Å². The Bertz CT molecular complexity index is 1080. The number of benzene rings is 2. The van der Waals surface area contributed by atoms with Crippen molar-refractivity contribution < 1.29 is 14.4 Å². The van der Waals surface area contributed by atoms with E-state index < -0.39 is 17.7 Å². The zero-order valence-electron chi connectivity index (χ0n) is 15.5. The summed E-state index contributed by atoms with van der Waals surface area (Å²) < 4.78 is 0. The Balaban J connectivity index is 1.38. The summed E-state index contributed by atoms with van der Waals surface area (Å²) in [7, 11) is 0. The number of rotatable bonds is 5. The molecule has 8 heteroatoms. The van der Waals surface area contributed by atoms with Crippen LogP contribution in [0.1, 0.15) is 26.4 Å². The van der Waals surface area contributed by atoms with Gasteiger partial charge in [-0.05, 0) is 43.3 Å². The lowest BCUT2D eigenvalue weighted by molar-refractivity contribution is -0.116. The third kappa shape index (κ3) is 3.81. The SMILES string of the molecule is Cc1cc(Nc2ccc(NC(=O)CN3C(=O)c4ccccc4C3=O)cc2)ncn1. The quantitative estimate of drug-likeness (QED) is 0.653. The summed E-state index contributed by atoms with van der Waals surface area (Å²) in [5.41, 5.74) is 2.83. The molecule has 1 aliphatic rings. The second-order valence-electron chi connectivity index (χ2n) is 6.54. The standard InChI is InChI=1S/C21H17N5O3/c1-13-10-18(23-12-22-13)24-14-6-8-15(9-7-14)25-19(27)11-26-20(28)16-4-2-3-5-17(16)21(26)29/h2-10,12H,11H2,1H3,(H,25,27)(H,22,23,24). The van der Waals surface area contributed by atoms with Gasteiger partial charge in [-0.3, -0.25) is 19.3 Å². The molecule has 1 aromatic heterocycles. The number of anilines is 3. The fraction of sp³-hybridized carbons (Fsp3) is 0.0952. The molecule has 144 valence electrons. The number of amides is 3. The highest BCUT2D eigenvalue weighted by atomic mass is 16.2. The number of nitrogens with zero attached hydrogens (tertiary/aromatic N) is 3. The maximum Gasteiger partial charge on any atom is 0.262 e. The van der Waals surface area contributed by atoms with E-state index in [9.17, 15) is 14.4 Å². The van der Waals surface area contributed by atoms with Crippen LogP contribution in [0.25, 0.3) is 0 Å². The van der Waals surface area contributed by atoms with Gasteiger partial charge in [-0.25, -0.2) is 9.97 Å². The maximum atomic E-state index is 12.3. The maximum absolute atomic E-state index is 12.3. The van der Waals surface area contributed by atoms with Gasteiger partial charge in [0.25, 0.3) is 11.8 Å². The summed E-state index contributed by atoms with van der Waals surface area (Å²) in [5, 5.41) is 5.84. The highest BCUT2D eigenvalue weighted by Crippen LogP contribution is 2.22. The number of carbonyl (C=O) groups is 3. The van der Waals surface area contributed by atoms with Gasteiger partial charge in [0.2, 0.25) is 5.91 Å². The average molecular weight is 387 g/mol. The summed E-state index contributed by atoms with van der Waals surface area (Å²) in [6, 6.07) is 15.4. The minimum Gasteiger partial charge on any atom is -0.340 e. The second-order valence-corrected chi connectivity index (χ2v) is 6.54. The third-order valence-corrected chi connectivity index (χ3v) is 4.42. The van der Waals surface area contributed by atoms with Crippen LogP contribution in [0.4, 0.5) is 17.2 Å². The summed E-state index contributed by atoms with van der Waals surface area (Å²) in [4.78, 5) is 46.2. The number of hydrogen-bond donors (Lipinski definition) is 2. The summed E-state index contributed by atoms with van der Waals surface area (Å²) >= 11 is 0. The zero-order valence-corrected chi connectivity index (χ0v) is 15.5. The highest BCUT2D eigenvalue weighted by molar-refractivity contribution is 6.22. The lowest BCUT2D eigenvalue weighted by Crippen LogP contribution is -2.37. The Morgan fingerprint density at radius 3 is 2.17 bits per heavy atom. The molecular weight excluding hydrogens is 370 g/mol. The van der Waals surface area contributed by atoms with Crippen molar-refractivity contribution in [1.29, 1.82) is 0 Å². The summed E-state index contributed by atoms with van der Waals surface area (Å²) in [5.74, 6) is -0.701. The Morgan fingerprint density at radius 2 is 1.55 bits per heavy atom. The molecular formula is C21H17N5O3. The van der Waals surface area contributed by atoms with Gasteiger partial charge in [0, 0.05) is 23.1 Å². The molecule has 2 N–H and O–H groups in total. The lowest BCUT2D eigenvalue weighted by atomic mass is 10.1. The summed E-state index contributed by atoms with van der Waals surface area (Å²) in [6.07, 6.45) is 1.48. The first-order chi connectivity index (χ1) is 14.0. The molecule has 3 amide bonds. The zero-order chi connectivity index (χ0) is 20.4. The van der Waals surface area contributed by atoms with Gasteiger partial charge in [-0.15, -0.1) is 0 Å². The molecule has 0 spiro atoms. The monoisotopic (exact) mass is 387 g/mol. The fourth-order valence-corrected chi connectivity index (χ4v) is 3.03. The van der Waals surface area contributed by atoms with Gasteiger partial charge < -0.3 is 10.6 Å². The van der Waals surface area contributed by atoms with Crippen molar-refractivity contribution in [2.75, 3.05) is 17.2 Å². The first-order valence-corrected chi connectivity index (χ1v) is 8.92. The van der Waals surface area contributed by atoms with Gasteiger partial charge in [-0.2, -0.15) is 0 Å². The van der Waals surface area contributed by atoms with Crippen molar-refractivity contribution in [3.8, 4) is 0 Å². The molecule has 3 aromatic rings. The van der Waals surface area contributed by atoms with Crippen molar-refractivity contribution >= 4 is 34.9 Å². The molecule has 4 rings (SSSR count). The largest absolute Gasteiger partial charge is 0.340 e. The van der Waals surface area contributed by atoms with E-state index in [1.54, 1.807) is 48.5 Å². The molecule has 0 unspecified atom stereocenters. The average Bonchev–Trinajstić information content (AvgIpc) is 2.95. The van der Waals surface area contributed by atoms with E-state index >= 15 is 0 Å². The van der Waals surface area contributed by atoms with E-state index in [0.717, 1.165) is 16.3 Å². The summed E-state index contributed by atoms with van der Waals surface area (Å²) in [6.45, 7) is 1.53. The molecule has 1 aliphatic heterocycles. The van der Waals surface area contributed by atoms with Crippen LogP contribution in [-0.2, 0) is 4.79 Å². The van der Waals surface area contributed by atoms with E-state index in [1.807, 2.05) is 13.0 Å². The topological polar surface area (TPSA) is 104 Å². The molecule has 0 bridgehead atoms. The smallest absolute Gasteiger partial charge is 0.262 e. The first kappa shape index (κ1) is 18.3. The number of aryl methyl sites for hydroxylation is 1. The van der Waals surface area contributed by atoms with Gasteiger partial charge >= 0.3 is 0 Å². The predicted octanol–water partition coefficient (Wildman–Crippen LogP) is 2.76. The van der Waals surface area contributed by atoms with Crippen molar-refractivity contribution in [2.45, 2.75) is 6.92 Å². The van der Waals surface area contributed by atoms with Crippen LogP contribution in [0.2, 0.25) is 0 Å². The molecule has 0 aliphatic carbocycles. The second kappa shape index (κ2) is 7.51. The number of nitrogens with one attached hydrogen (secondary N) is 2. The van der Waals surface area contributed by atoms with Crippen molar-refractivity contribution in [3.05, 3.63) is 77.7 Å². The van der Waals surface area contributed by atoms with Crippen molar-refractivity contribution in [3.63, 3.8) is 0 Å². The molecule has 0 radical (unpaired) electrons. The Labute approximate surface area is 166 Å². The van der Waals surface area contributed by atoms with Crippen LogP contribution in [0, 0.1) is 6.92 Å². The van der Waals surface area contributed by atoms with Crippen molar-refractivity contribution in [1.82, 2.24) is 14.9 Å². The molecule has 0 saturated carbocycles. The van der Waals surface area contributed by atoms with Crippen molar-refractivity contribution in [2.24, 2.45) is 0 Å². The predicted molar refractivity (Wildman–Crippen MR) is 107 cm³/mol. The number of hydrogen-bond acceptors (Lipinski definition) is 6. The van der Waals surface area contributed by atoms with Crippen LogP contribution in [0.3, 0.4) is 0 Å². The molecule has 8 nitrogen and oxygen atoms in total. The van der Waals surface area contributed by atoms with Gasteiger partial charge in [0.15, 0.2) is 0 Å². The molecule has 2 aromatic carbocycles. The van der Waals surface area contributed by atoms with E-state index in [2.05, 4.69) is 20.6 Å².